The van der Waals surface area contributed by atoms with Gasteiger partial charge in [-0.1, -0.05) is 6.42 Å². The number of hydrogen-bond donors (Lipinski definition) is 2. The molecule has 3 atom stereocenters. The van der Waals surface area contributed by atoms with Crippen LogP contribution in [-0.2, 0) is 4.79 Å². The van der Waals surface area contributed by atoms with E-state index in [1.54, 1.807) is 0 Å². The number of hydrogen-bond acceptors (Lipinski definition) is 3. The number of amides is 1. The molecule has 0 aromatic carbocycles. The number of carbonyl (C=O) groups excluding carboxylic acids is 1. The van der Waals surface area contributed by atoms with Crippen LogP contribution in [0.4, 0.5) is 0 Å². The fourth-order valence-corrected chi connectivity index (χ4v) is 2.85. The van der Waals surface area contributed by atoms with Crippen molar-refractivity contribution in [2.24, 2.45) is 11.8 Å². The Morgan fingerprint density at radius 3 is 2.50 bits per heavy atom. The van der Waals surface area contributed by atoms with E-state index < -0.39 is 0 Å². The minimum absolute atomic E-state index is 0.121. The second-order valence-corrected chi connectivity index (χ2v) is 5.27. The summed E-state index contributed by atoms with van der Waals surface area (Å²) in [5.41, 5.74) is 0. The lowest BCUT2D eigenvalue weighted by Gasteiger charge is -2.25. The lowest BCUT2D eigenvalue weighted by Crippen LogP contribution is -2.46. The van der Waals surface area contributed by atoms with E-state index in [2.05, 4.69) is 5.32 Å². The zero-order valence-electron chi connectivity index (χ0n) is 12.0. The van der Waals surface area contributed by atoms with Crippen molar-refractivity contribution in [1.82, 2.24) is 10.2 Å². The van der Waals surface area contributed by atoms with Gasteiger partial charge in [0.1, 0.15) is 0 Å². The molecule has 0 aromatic heterocycles. The van der Waals surface area contributed by atoms with E-state index >= 15 is 0 Å². The van der Waals surface area contributed by atoms with Crippen LogP contribution in [0.25, 0.3) is 0 Å². The van der Waals surface area contributed by atoms with Gasteiger partial charge in [-0.3, -0.25) is 4.79 Å². The van der Waals surface area contributed by atoms with Crippen LogP contribution in [0.1, 0.15) is 40.0 Å². The predicted molar refractivity (Wildman–Crippen MR) is 73.3 cm³/mol. The van der Waals surface area contributed by atoms with Gasteiger partial charge in [-0.15, -0.1) is 0 Å². The van der Waals surface area contributed by atoms with Crippen LogP contribution in [-0.4, -0.2) is 48.2 Å². The Labute approximate surface area is 111 Å². The molecule has 1 saturated carbocycles. The highest BCUT2D eigenvalue weighted by atomic mass is 16.3. The number of aliphatic hydroxyl groups is 1. The average Bonchev–Trinajstić information content (AvgIpc) is 2.84. The Morgan fingerprint density at radius 1 is 1.33 bits per heavy atom. The third-order valence-electron chi connectivity index (χ3n) is 4.18. The van der Waals surface area contributed by atoms with Crippen molar-refractivity contribution < 1.29 is 9.90 Å². The lowest BCUT2D eigenvalue weighted by atomic mass is 9.97. The molecule has 0 spiro atoms. The van der Waals surface area contributed by atoms with E-state index in [0.29, 0.717) is 11.8 Å². The maximum atomic E-state index is 12.1. The first-order valence-electron chi connectivity index (χ1n) is 7.27. The monoisotopic (exact) mass is 256 g/mol. The summed E-state index contributed by atoms with van der Waals surface area (Å²) in [5, 5.41) is 12.6. The molecule has 0 heterocycles. The van der Waals surface area contributed by atoms with E-state index in [-0.39, 0.29) is 18.6 Å². The van der Waals surface area contributed by atoms with Gasteiger partial charge in [0.05, 0.1) is 6.04 Å². The van der Waals surface area contributed by atoms with Gasteiger partial charge in [0, 0.05) is 19.7 Å². The fourth-order valence-electron chi connectivity index (χ4n) is 2.85. The number of aliphatic hydroxyl groups excluding tert-OH is 1. The average molecular weight is 256 g/mol. The van der Waals surface area contributed by atoms with Crippen molar-refractivity contribution in [1.29, 1.82) is 0 Å². The minimum atomic E-state index is -0.121. The van der Waals surface area contributed by atoms with Crippen molar-refractivity contribution in [3.05, 3.63) is 0 Å². The molecule has 3 unspecified atom stereocenters. The lowest BCUT2D eigenvalue weighted by molar-refractivity contribution is -0.132. The van der Waals surface area contributed by atoms with Gasteiger partial charge >= 0.3 is 0 Å². The van der Waals surface area contributed by atoms with Crippen molar-refractivity contribution in [3.63, 3.8) is 0 Å². The number of nitrogens with one attached hydrogen (secondary N) is 1. The van der Waals surface area contributed by atoms with E-state index in [1.807, 2.05) is 25.7 Å². The molecular weight excluding hydrogens is 228 g/mol. The van der Waals surface area contributed by atoms with E-state index in [4.69, 9.17) is 0 Å². The molecule has 0 bridgehead atoms. The summed E-state index contributed by atoms with van der Waals surface area (Å²) >= 11 is 0. The molecule has 1 fully saturated rings. The molecule has 0 aliphatic heterocycles. The molecule has 0 saturated heterocycles. The van der Waals surface area contributed by atoms with Crippen molar-refractivity contribution in [2.75, 3.05) is 26.2 Å². The molecule has 1 aliphatic carbocycles. The molecule has 4 heteroatoms. The molecule has 2 N–H and O–H groups in total. The first-order valence-corrected chi connectivity index (χ1v) is 7.27. The first-order chi connectivity index (χ1) is 8.63. The van der Waals surface area contributed by atoms with Crippen molar-refractivity contribution in [3.8, 4) is 0 Å². The maximum Gasteiger partial charge on any atom is 0.239 e. The number of carbonyl (C=O) groups is 1. The maximum absolute atomic E-state index is 12.1. The summed E-state index contributed by atoms with van der Waals surface area (Å²) in [5.74, 6) is 1.13. The van der Waals surface area contributed by atoms with Crippen molar-refractivity contribution in [2.45, 2.75) is 46.1 Å². The summed E-state index contributed by atoms with van der Waals surface area (Å²) < 4.78 is 0. The summed E-state index contributed by atoms with van der Waals surface area (Å²) in [6, 6.07) is -0.121. The molecule has 0 radical (unpaired) electrons. The normalized spacial score (nSPS) is 25.1. The van der Waals surface area contributed by atoms with Gasteiger partial charge in [0.15, 0.2) is 0 Å². The summed E-state index contributed by atoms with van der Waals surface area (Å²) in [6.07, 6.45) is 3.50. The minimum Gasteiger partial charge on any atom is -0.396 e. The van der Waals surface area contributed by atoms with Gasteiger partial charge < -0.3 is 15.3 Å². The van der Waals surface area contributed by atoms with Gasteiger partial charge in [0.25, 0.3) is 0 Å². The van der Waals surface area contributed by atoms with Crippen LogP contribution in [0.15, 0.2) is 0 Å². The summed E-state index contributed by atoms with van der Waals surface area (Å²) in [6.45, 7) is 8.61. The highest BCUT2D eigenvalue weighted by Crippen LogP contribution is 2.30. The van der Waals surface area contributed by atoms with Gasteiger partial charge in [0.2, 0.25) is 5.91 Å². The highest BCUT2D eigenvalue weighted by Gasteiger charge is 2.27. The van der Waals surface area contributed by atoms with Crippen LogP contribution < -0.4 is 5.32 Å². The summed E-state index contributed by atoms with van der Waals surface area (Å²) in [4.78, 5) is 13.9. The van der Waals surface area contributed by atoms with Gasteiger partial charge in [-0.2, -0.15) is 0 Å². The molecule has 0 aromatic rings. The number of rotatable bonds is 7. The SMILES string of the molecule is CCN(CC)C(=O)C(C)NCC1CCCC1CO. The third kappa shape index (κ3) is 3.95. The largest absolute Gasteiger partial charge is 0.396 e. The smallest absolute Gasteiger partial charge is 0.239 e. The Morgan fingerprint density at radius 2 is 1.94 bits per heavy atom. The zero-order chi connectivity index (χ0) is 13.5. The fraction of sp³-hybridized carbons (Fsp3) is 0.929. The zero-order valence-corrected chi connectivity index (χ0v) is 12.0. The van der Waals surface area contributed by atoms with E-state index in [9.17, 15) is 9.90 Å². The van der Waals surface area contributed by atoms with Crippen LogP contribution in [0, 0.1) is 11.8 Å². The molecule has 18 heavy (non-hydrogen) atoms. The van der Waals surface area contributed by atoms with E-state index in [1.165, 1.54) is 12.8 Å². The topological polar surface area (TPSA) is 52.6 Å². The molecule has 1 rings (SSSR count). The van der Waals surface area contributed by atoms with E-state index in [0.717, 1.165) is 26.1 Å². The van der Waals surface area contributed by atoms with Crippen LogP contribution in [0.3, 0.4) is 0 Å². The molecule has 1 aliphatic rings. The second kappa shape index (κ2) is 7.74. The predicted octanol–water partition coefficient (Wildman–Crippen LogP) is 1.24. The van der Waals surface area contributed by atoms with Crippen LogP contribution in [0.2, 0.25) is 0 Å². The Bertz CT molecular complexity index is 254. The molecule has 4 nitrogen and oxygen atoms in total. The molecular formula is C14H28N2O2. The highest BCUT2D eigenvalue weighted by molar-refractivity contribution is 5.81. The quantitative estimate of drug-likeness (QED) is 0.720. The van der Waals surface area contributed by atoms with Gasteiger partial charge in [-0.25, -0.2) is 0 Å². The van der Waals surface area contributed by atoms with Crippen molar-refractivity contribution >= 4 is 5.91 Å². The summed E-state index contributed by atoms with van der Waals surface area (Å²) in [7, 11) is 0. The standard InChI is InChI=1S/C14H28N2O2/c1-4-16(5-2)14(18)11(3)15-9-12-7-6-8-13(12)10-17/h11-13,15,17H,4-10H2,1-3H3. The van der Waals surface area contributed by atoms with Gasteiger partial charge in [-0.05, 0) is 52.0 Å². The molecule has 1 amide bonds. The Balaban J connectivity index is 2.36. The molecule has 106 valence electrons. The first kappa shape index (κ1) is 15.4. The van der Waals surface area contributed by atoms with Crippen LogP contribution in [0.5, 0.6) is 0 Å². The second-order valence-electron chi connectivity index (χ2n) is 5.27. The number of nitrogens with zero attached hydrogens (tertiary/aromatic N) is 1. The number of likely N-dealkylation sites (N-methyl/N-ethyl adjacent to an activating group) is 1. The third-order valence-corrected chi connectivity index (χ3v) is 4.18. The van der Waals surface area contributed by atoms with Crippen LogP contribution >= 0.6 is 0 Å². The Hall–Kier alpha value is -0.610. The Kier molecular flexibility index (Phi) is 6.65.